The van der Waals surface area contributed by atoms with E-state index in [0.29, 0.717) is 17.3 Å². The van der Waals surface area contributed by atoms with Crippen molar-refractivity contribution in [1.29, 1.82) is 0 Å². The van der Waals surface area contributed by atoms with Gasteiger partial charge in [-0.15, -0.1) is 0 Å². The molecule has 0 fully saturated rings. The SMILES string of the molecule is CCC(C)SP(=O)(Oc1ccccc1)N(CC(=O)OC)C(C)=Nc1ccc(C)cc1. The number of hydrogen-bond acceptors (Lipinski definition) is 6. The zero-order chi connectivity index (χ0) is 22.1. The van der Waals surface area contributed by atoms with E-state index in [2.05, 4.69) is 4.99 Å². The fraction of sp³-hybridized carbons (Fsp3) is 0.364. The minimum Gasteiger partial charge on any atom is -0.468 e. The van der Waals surface area contributed by atoms with Gasteiger partial charge in [0.05, 0.1) is 12.8 Å². The van der Waals surface area contributed by atoms with Crippen LogP contribution in [0.5, 0.6) is 5.75 Å². The lowest BCUT2D eigenvalue weighted by Crippen LogP contribution is -2.33. The lowest BCUT2D eigenvalue weighted by molar-refractivity contribution is -0.140. The number of benzene rings is 2. The Labute approximate surface area is 182 Å². The Bertz CT molecular complexity index is 903. The van der Waals surface area contributed by atoms with Crippen molar-refractivity contribution in [2.24, 2.45) is 4.99 Å². The van der Waals surface area contributed by atoms with Crippen LogP contribution in [0.4, 0.5) is 5.69 Å². The predicted octanol–water partition coefficient (Wildman–Crippen LogP) is 6.24. The number of aliphatic imine (C=N–C) groups is 1. The summed E-state index contributed by atoms with van der Waals surface area (Å²) in [7, 11) is 1.30. The maximum atomic E-state index is 14.2. The van der Waals surface area contributed by atoms with E-state index in [4.69, 9.17) is 9.26 Å². The van der Waals surface area contributed by atoms with E-state index in [1.165, 1.54) is 23.2 Å². The third-order valence-electron chi connectivity index (χ3n) is 4.35. The van der Waals surface area contributed by atoms with Gasteiger partial charge in [-0.2, -0.15) is 0 Å². The van der Waals surface area contributed by atoms with E-state index in [9.17, 15) is 9.36 Å². The monoisotopic (exact) mass is 448 g/mol. The number of nitrogens with zero attached hydrogens (tertiary/aromatic N) is 2. The van der Waals surface area contributed by atoms with Crippen LogP contribution in [-0.2, 0) is 14.1 Å². The van der Waals surface area contributed by atoms with Crippen molar-refractivity contribution in [3.8, 4) is 5.75 Å². The fourth-order valence-corrected chi connectivity index (χ4v) is 7.48. The minimum absolute atomic E-state index is 0.0480. The van der Waals surface area contributed by atoms with Crippen molar-refractivity contribution < 1.29 is 18.6 Å². The van der Waals surface area contributed by atoms with E-state index in [1.807, 2.05) is 63.2 Å². The molecule has 8 heteroatoms. The summed E-state index contributed by atoms with van der Waals surface area (Å²) >= 11 is 1.21. The molecule has 0 aliphatic carbocycles. The van der Waals surface area contributed by atoms with Crippen LogP contribution in [0.2, 0.25) is 0 Å². The molecule has 2 unspecified atom stereocenters. The number of aryl methyl sites for hydroxylation is 1. The van der Waals surface area contributed by atoms with Crippen LogP contribution < -0.4 is 4.52 Å². The van der Waals surface area contributed by atoms with Crippen molar-refractivity contribution in [3.05, 3.63) is 60.2 Å². The molecule has 6 nitrogen and oxygen atoms in total. The highest BCUT2D eigenvalue weighted by Crippen LogP contribution is 2.64. The van der Waals surface area contributed by atoms with Crippen LogP contribution in [0.1, 0.15) is 32.8 Å². The summed E-state index contributed by atoms with van der Waals surface area (Å²) in [5.41, 5.74) is 1.82. The summed E-state index contributed by atoms with van der Waals surface area (Å²) < 4.78 is 26.5. The first-order valence-corrected chi connectivity index (χ1v) is 12.8. The van der Waals surface area contributed by atoms with Gasteiger partial charge in [0.1, 0.15) is 18.1 Å². The van der Waals surface area contributed by atoms with Gasteiger partial charge < -0.3 is 9.26 Å². The lowest BCUT2D eigenvalue weighted by Gasteiger charge is -2.32. The average molecular weight is 449 g/mol. The molecule has 0 bridgehead atoms. The Morgan fingerprint density at radius 2 is 1.80 bits per heavy atom. The van der Waals surface area contributed by atoms with Crippen LogP contribution in [0, 0.1) is 6.92 Å². The molecule has 2 rings (SSSR count). The summed E-state index contributed by atoms with van der Waals surface area (Å²) in [5.74, 6) is 0.365. The van der Waals surface area contributed by atoms with Gasteiger partial charge in [0.15, 0.2) is 0 Å². The van der Waals surface area contributed by atoms with E-state index in [1.54, 1.807) is 19.1 Å². The van der Waals surface area contributed by atoms with E-state index in [-0.39, 0.29) is 11.8 Å². The molecule has 162 valence electrons. The number of rotatable bonds is 9. The Balaban J connectivity index is 2.49. The fourth-order valence-electron chi connectivity index (χ4n) is 2.47. The second-order valence-corrected chi connectivity index (χ2v) is 11.5. The first-order chi connectivity index (χ1) is 14.3. The van der Waals surface area contributed by atoms with Crippen molar-refractivity contribution in [1.82, 2.24) is 4.67 Å². The van der Waals surface area contributed by atoms with E-state index < -0.39 is 12.7 Å². The zero-order valence-corrected chi connectivity index (χ0v) is 19.8. The summed E-state index contributed by atoms with van der Waals surface area (Å²) in [6, 6.07) is 16.6. The van der Waals surface area contributed by atoms with Crippen molar-refractivity contribution in [3.63, 3.8) is 0 Å². The first-order valence-electron chi connectivity index (χ1n) is 9.77. The third-order valence-corrected chi connectivity index (χ3v) is 9.47. The number of carbonyl (C=O) groups is 1. The average Bonchev–Trinajstić information content (AvgIpc) is 2.73. The van der Waals surface area contributed by atoms with Crippen molar-refractivity contribution in [2.75, 3.05) is 13.7 Å². The van der Waals surface area contributed by atoms with Gasteiger partial charge in [0.25, 0.3) is 0 Å². The molecule has 30 heavy (non-hydrogen) atoms. The summed E-state index contributed by atoms with van der Waals surface area (Å²) in [5, 5.41) is 0.0480. The second kappa shape index (κ2) is 11.2. The first kappa shape index (κ1) is 24.0. The Morgan fingerprint density at radius 3 is 2.37 bits per heavy atom. The largest absolute Gasteiger partial charge is 0.468 e. The number of ether oxygens (including phenoxy) is 1. The van der Waals surface area contributed by atoms with Gasteiger partial charge in [0.2, 0.25) is 0 Å². The number of amidine groups is 1. The highest BCUT2D eigenvalue weighted by Gasteiger charge is 2.38. The molecule has 2 aromatic rings. The molecule has 0 aliphatic rings. The van der Waals surface area contributed by atoms with Crippen LogP contribution in [-0.4, -0.2) is 35.4 Å². The van der Waals surface area contributed by atoms with Crippen molar-refractivity contribution in [2.45, 2.75) is 39.4 Å². The summed E-state index contributed by atoms with van der Waals surface area (Å²) in [6.07, 6.45) is 0.799. The summed E-state index contributed by atoms with van der Waals surface area (Å²) in [6.45, 7) is 3.91. The topological polar surface area (TPSA) is 68.2 Å². The van der Waals surface area contributed by atoms with Crippen molar-refractivity contribution >= 4 is 35.6 Å². The van der Waals surface area contributed by atoms with Crippen LogP contribution in [0.25, 0.3) is 0 Å². The molecule has 0 heterocycles. The predicted molar refractivity (Wildman–Crippen MR) is 125 cm³/mol. The molecular formula is C22H29N2O4PS. The minimum atomic E-state index is -3.58. The maximum absolute atomic E-state index is 14.2. The number of esters is 1. The Hall–Kier alpha value is -2.24. The molecule has 0 amide bonds. The van der Waals surface area contributed by atoms with Gasteiger partial charge in [0, 0.05) is 5.25 Å². The number of methoxy groups -OCH3 is 1. The molecule has 0 saturated carbocycles. The normalized spacial score (nSPS) is 14.5. The molecule has 0 spiro atoms. The number of para-hydroxylation sites is 1. The molecule has 0 aliphatic heterocycles. The zero-order valence-electron chi connectivity index (χ0n) is 18.1. The molecule has 2 aromatic carbocycles. The van der Waals surface area contributed by atoms with Gasteiger partial charge >= 0.3 is 12.7 Å². The molecule has 2 atom stereocenters. The smallest absolute Gasteiger partial charge is 0.404 e. The van der Waals surface area contributed by atoms with Crippen LogP contribution in [0.15, 0.2) is 59.6 Å². The quantitative estimate of drug-likeness (QED) is 0.196. The molecule has 0 aromatic heterocycles. The van der Waals surface area contributed by atoms with Gasteiger partial charge in [-0.25, -0.2) is 9.56 Å². The lowest BCUT2D eigenvalue weighted by atomic mass is 10.2. The summed E-state index contributed by atoms with van der Waals surface area (Å²) in [4.78, 5) is 16.8. The third kappa shape index (κ3) is 6.92. The van der Waals surface area contributed by atoms with E-state index in [0.717, 1.165) is 12.0 Å². The van der Waals surface area contributed by atoms with Gasteiger partial charge in [-0.3, -0.25) is 9.46 Å². The second-order valence-electron chi connectivity index (χ2n) is 6.83. The Morgan fingerprint density at radius 1 is 1.17 bits per heavy atom. The molecule has 0 radical (unpaired) electrons. The van der Waals surface area contributed by atoms with Gasteiger partial charge in [-0.1, -0.05) is 49.7 Å². The number of hydrogen-bond donors (Lipinski definition) is 0. The molecule has 0 saturated heterocycles. The highest BCUT2D eigenvalue weighted by molar-refractivity contribution is 8.56. The van der Waals surface area contributed by atoms with E-state index >= 15 is 0 Å². The standard InChI is InChI=1S/C22H29N2O4PS/c1-6-18(3)30-29(26,28-21-10-8-7-9-11-21)24(16-22(25)27-5)19(4)23-20-14-12-17(2)13-15-20/h7-15,18H,6,16H2,1-5H3. The molecule has 0 N–H and O–H groups in total. The van der Waals surface area contributed by atoms with Crippen LogP contribution in [0.3, 0.4) is 0 Å². The number of carbonyl (C=O) groups excluding carboxylic acids is 1. The maximum Gasteiger partial charge on any atom is 0.404 e. The highest BCUT2D eigenvalue weighted by atomic mass is 32.7. The van der Waals surface area contributed by atoms with Crippen LogP contribution >= 0.6 is 18.1 Å². The molecular weight excluding hydrogens is 419 g/mol. The Kier molecular flexibility index (Phi) is 9.00. The van der Waals surface area contributed by atoms with Gasteiger partial charge in [-0.05, 0) is 55.9 Å².